The summed E-state index contributed by atoms with van der Waals surface area (Å²) in [7, 11) is 0. The number of nitrogen functional groups attached to an aromatic ring is 1. The van der Waals surface area contributed by atoms with Crippen molar-refractivity contribution in [3.05, 3.63) is 0 Å². The summed E-state index contributed by atoms with van der Waals surface area (Å²) >= 11 is 0. The normalized spacial score (nSPS) is 10.7. The smallest absolute Gasteiger partial charge is 0.258 e. The van der Waals surface area contributed by atoms with Gasteiger partial charge in [-0.25, -0.2) is 13.5 Å². The predicted molar refractivity (Wildman–Crippen MR) is 28.2 cm³/mol. The van der Waals surface area contributed by atoms with Gasteiger partial charge in [-0.2, -0.15) is 0 Å². The number of tetrazole rings is 1. The van der Waals surface area contributed by atoms with Crippen LogP contribution in [0.15, 0.2) is 0 Å². The zero-order valence-corrected chi connectivity index (χ0v) is 4.91. The third kappa shape index (κ3) is 1.36. The van der Waals surface area contributed by atoms with Gasteiger partial charge in [-0.05, 0) is 10.4 Å². The Labute approximate surface area is 54.8 Å². The van der Waals surface area contributed by atoms with E-state index in [-0.39, 0.29) is 5.95 Å². The van der Waals surface area contributed by atoms with E-state index in [2.05, 4.69) is 15.5 Å². The maximum atomic E-state index is 11.6. The Morgan fingerprint density at radius 2 is 2.30 bits per heavy atom. The van der Waals surface area contributed by atoms with Gasteiger partial charge in [0.15, 0.2) is 0 Å². The van der Waals surface area contributed by atoms with Crippen LogP contribution in [-0.2, 0) is 6.54 Å². The van der Waals surface area contributed by atoms with Gasteiger partial charge in [-0.15, -0.1) is 0 Å². The standard InChI is InChI=1S/C3H5F2N5/c4-2(5)1-10-3(6)7-8-9-10/h2H,1H2,(H2,6,7,9). The first-order valence-electron chi connectivity index (χ1n) is 2.50. The summed E-state index contributed by atoms with van der Waals surface area (Å²) in [5.74, 6) is -0.0969. The molecule has 0 unspecified atom stereocenters. The van der Waals surface area contributed by atoms with Crippen LogP contribution >= 0.6 is 0 Å². The lowest BCUT2D eigenvalue weighted by molar-refractivity contribution is 0.122. The molecule has 0 spiro atoms. The molecule has 1 aromatic rings. The van der Waals surface area contributed by atoms with Gasteiger partial charge in [0.05, 0.1) is 0 Å². The second-order valence-electron chi connectivity index (χ2n) is 1.61. The second kappa shape index (κ2) is 2.54. The second-order valence-corrected chi connectivity index (χ2v) is 1.61. The van der Waals surface area contributed by atoms with Crippen molar-refractivity contribution in [3.63, 3.8) is 0 Å². The maximum absolute atomic E-state index is 11.6. The fraction of sp³-hybridized carbons (Fsp3) is 0.667. The molecule has 0 aliphatic carbocycles. The molecule has 0 aliphatic heterocycles. The zero-order valence-electron chi connectivity index (χ0n) is 4.91. The molecule has 0 saturated carbocycles. The van der Waals surface area contributed by atoms with Gasteiger partial charge in [0.25, 0.3) is 6.43 Å². The van der Waals surface area contributed by atoms with Crippen molar-refractivity contribution < 1.29 is 8.78 Å². The van der Waals surface area contributed by atoms with Crippen molar-refractivity contribution in [1.29, 1.82) is 0 Å². The van der Waals surface area contributed by atoms with Crippen LogP contribution in [0.2, 0.25) is 0 Å². The highest BCUT2D eigenvalue weighted by Gasteiger charge is 2.07. The number of hydrogen-bond donors (Lipinski definition) is 1. The van der Waals surface area contributed by atoms with Gasteiger partial charge in [0.1, 0.15) is 6.54 Å². The molecule has 56 valence electrons. The minimum absolute atomic E-state index is 0.0969. The van der Waals surface area contributed by atoms with Crippen molar-refractivity contribution in [1.82, 2.24) is 20.2 Å². The molecule has 2 N–H and O–H groups in total. The molecule has 0 radical (unpaired) electrons. The summed E-state index contributed by atoms with van der Waals surface area (Å²) in [6.07, 6.45) is -2.48. The van der Waals surface area contributed by atoms with Gasteiger partial charge >= 0.3 is 0 Å². The minimum atomic E-state index is -2.48. The van der Waals surface area contributed by atoms with E-state index in [0.29, 0.717) is 0 Å². The Bertz CT molecular complexity index is 208. The lowest BCUT2D eigenvalue weighted by Gasteiger charge is -1.97. The number of nitrogens with zero attached hydrogens (tertiary/aromatic N) is 4. The van der Waals surface area contributed by atoms with Crippen LogP contribution in [0.25, 0.3) is 0 Å². The van der Waals surface area contributed by atoms with Crippen LogP contribution in [0.4, 0.5) is 14.7 Å². The third-order valence-corrected chi connectivity index (χ3v) is 0.871. The van der Waals surface area contributed by atoms with E-state index in [9.17, 15) is 8.78 Å². The first kappa shape index (κ1) is 6.84. The summed E-state index contributed by atoms with van der Waals surface area (Å²) in [5, 5.41) is 9.50. The van der Waals surface area contributed by atoms with E-state index in [4.69, 9.17) is 5.73 Å². The van der Waals surface area contributed by atoms with Crippen LogP contribution in [0.5, 0.6) is 0 Å². The van der Waals surface area contributed by atoms with Crippen molar-refractivity contribution in [2.45, 2.75) is 13.0 Å². The minimum Gasteiger partial charge on any atom is -0.367 e. The van der Waals surface area contributed by atoms with E-state index < -0.39 is 13.0 Å². The number of alkyl halides is 2. The molecule has 0 aromatic carbocycles. The van der Waals surface area contributed by atoms with E-state index in [1.54, 1.807) is 0 Å². The fourth-order valence-electron chi connectivity index (χ4n) is 0.472. The van der Waals surface area contributed by atoms with Gasteiger partial charge in [-0.1, -0.05) is 5.10 Å². The molecule has 1 rings (SSSR count). The highest BCUT2D eigenvalue weighted by atomic mass is 19.3. The van der Waals surface area contributed by atoms with Crippen LogP contribution in [0, 0.1) is 0 Å². The molecule has 0 aliphatic rings. The molecule has 1 heterocycles. The molecular formula is C3H5F2N5. The van der Waals surface area contributed by atoms with Gasteiger partial charge in [0, 0.05) is 0 Å². The first-order valence-corrected chi connectivity index (χ1v) is 2.50. The number of aromatic nitrogens is 4. The van der Waals surface area contributed by atoms with E-state index in [0.717, 1.165) is 4.68 Å². The fourth-order valence-corrected chi connectivity index (χ4v) is 0.472. The van der Waals surface area contributed by atoms with Gasteiger partial charge in [-0.3, -0.25) is 0 Å². The molecule has 0 amide bonds. The van der Waals surface area contributed by atoms with Crippen molar-refractivity contribution in [3.8, 4) is 0 Å². The van der Waals surface area contributed by atoms with Crippen LogP contribution < -0.4 is 5.73 Å². The Kier molecular flexibility index (Phi) is 1.74. The lowest BCUT2D eigenvalue weighted by Crippen LogP contribution is -2.11. The summed E-state index contributed by atoms with van der Waals surface area (Å²) in [4.78, 5) is 0. The highest BCUT2D eigenvalue weighted by Crippen LogP contribution is 1.99. The first-order chi connectivity index (χ1) is 4.70. The van der Waals surface area contributed by atoms with E-state index >= 15 is 0 Å². The molecular weight excluding hydrogens is 144 g/mol. The number of halogens is 2. The van der Waals surface area contributed by atoms with Crippen molar-refractivity contribution >= 4 is 5.95 Å². The predicted octanol–water partition coefficient (Wildman–Crippen LogP) is -0.480. The Morgan fingerprint density at radius 1 is 1.60 bits per heavy atom. The van der Waals surface area contributed by atoms with Crippen LogP contribution in [-0.4, -0.2) is 26.6 Å². The highest BCUT2D eigenvalue weighted by molar-refractivity contribution is 5.09. The monoisotopic (exact) mass is 149 g/mol. The molecule has 5 nitrogen and oxygen atoms in total. The SMILES string of the molecule is Nc1nnnn1CC(F)F. The van der Waals surface area contributed by atoms with Crippen LogP contribution in [0.3, 0.4) is 0 Å². The van der Waals surface area contributed by atoms with Gasteiger partial charge < -0.3 is 5.73 Å². The summed E-state index contributed by atoms with van der Waals surface area (Å²) < 4.78 is 24.1. The van der Waals surface area contributed by atoms with Crippen LogP contribution in [0.1, 0.15) is 0 Å². The molecule has 1 aromatic heterocycles. The average Bonchev–Trinajstić information content (AvgIpc) is 2.15. The Balaban J connectivity index is 2.65. The number of anilines is 1. The summed E-state index contributed by atoms with van der Waals surface area (Å²) in [6, 6.07) is 0. The topological polar surface area (TPSA) is 69.6 Å². The Hall–Kier alpha value is -1.27. The third-order valence-electron chi connectivity index (χ3n) is 0.871. The molecule has 10 heavy (non-hydrogen) atoms. The zero-order chi connectivity index (χ0) is 7.56. The van der Waals surface area contributed by atoms with E-state index in [1.807, 2.05) is 0 Å². The lowest BCUT2D eigenvalue weighted by atomic mass is 10.7. The molecule has 7 heteroatoms. The molecule has 0 saturated heterocycles. The Morgan fingerprint density at radius 3 is 2.70 bits per heavy atom. The quantitative estimate of drug-likeness (QED) is 0.616. The van der Waals surface area contributed by atoms with Crippen molar-refractivity contribution in [2.75, 3.05) is 5.73 Å². The number of hydrogen-bond acceptors (Lipinski definition) is 4. The van der Waals surface area contributed by atoms with Crippen molar-refractivity contribution in [2.24, 2.45) is 0 Å². The average molecular weight is 149 g/mol. The number of rotatable bonds is 2. The van der Waals surface area contributed by atoms with E-state index in [1.165, 1.54) is 0 Å². The summed E-state index contributed by atoms with van der Waals surface area (Å²) in [6.45, 7) is -0.557. The molecule has 0 fully saturated rings. The largest absolute Gasteiger partial charge is 0.367 e. The number of nitrogens with two attached hydrogens (primary N) is 1. The summed E-state index contributed by atoms with van der Waals surface area (Å²) in [5.41, 5.74) is 5.08. The van der Waals surface area contributed by atoms with Gasteiger partial charge in [0.2, 0.25) is 5.95 Å². The molecule has 0 atom stereocenters. The molecule has 0 bridgehead atoms. The maximum Gasteiger partial charge on any atom is 0.258 e.